The van der Waals surface area contributed by atoms with Gasteiger partial charge in [0.2, 0.25) is 0 Å². The quantitative estimate of drug-likeness (QED) is 0.326. The Labute approximate surface area is 114 Å². The second-order valence-corrected chi connectivity index (χ2v) is 3.66. The summed E-state index contributed by atoms with van der Waals surface area (Å²) in [5.74, 6) is 0.838. The van der Waals surface area contributed by atoms with Crippen molar-refractivity contribution >= 4 is 6.02 Å². The third-order valence-electron chi connectivity index (χ3n) is 2.19. The fourth-order valence-corrected chi connectivity index (χ4v) is 1.21. The summed E-state index contributed by atoms with van der Waals surface area (Å²) < 4.78 is 5.06. The van der Waals surface area contributed by atoms with Crippen molar-refractivity contribution in [3.8, 4) is 5.75 Å². The maximum atomic E-state index is 11.2. The van der Waals surface area contributed by atoms with E-state index < -0.39 is 0 Å². The Morgan fingerprint density at radius 1 is 1.29 bits per heavy atom. The molecule has 0 fully saturated rings. The van der Waals surface area contributed by atoms with Gasteiger partial charge in [-0.3, -0.25) is 4.99 Å². The molecule has 1 aromatic rings. The van der Waals surface area contributed by atoms with E-state index in [1.807, 2.05) is 24.3 Å². The van der Waals surface area contributed by atoms with Gasteiger partial charge in [-0.05, 0) is 24.1 Å². The van der Waals surface area contributed by atoms with Gasteiger partial charge in [0.25, 0.3) is 0 Å². The first-order valence-corrected chi connectivity index (χ1v) is 5.15. The van der Waals surface area contributed by atoms with Crippen LogP contribution >= 0.6 is 0 Å². The third-order valence-corrected chi connectivity index (χ3v) is 2.19. The van der Waals surface area contributed by atoms with E-state index in [4.69, 9.17) is 4.74 Å². The molecule has 0 N–H and O–H groups in total. The average molecular weight is 228 g/mol. The van der Waals surface area contributed by atoms with Crippen LogP contribution in [0, 0.1) is 0 Å². The predicted octanol–water partition coefficient (Wildman–Crippen LogP) is -2.48. The zero-order valence-electron chi connectivity index (χ0n) is 10.9. The molecule has 0 aliphatic rings. The van der Waals surface area contributed by atoms with Crippen LogP contribution in [0.4, 0.5) is 0 Å². The zero-order chi connectivity index (χ0) is 12.0. The van der Waals surface area contributed by atoms with Crippen molar-refractivity contribution in [2.45, 2.75) is 6.42 Å². The molecule has 1 aromatic carbocycles. The number of ether oxygens (including phenoxy) is 1. The zero-order valence-corrected chi connectivity index (χ0v) is 10.9. The maximum absolute atomic E-state index is 11.2. The number of amidine groups is 1. The molecule has 0 unspecified atom stereocenters. The van der Waals surface area contributed by atoms with E-state index in [1.165, 1.54) is 4.90 Å². The Morgan fingerprint density at radius 2 is 1.88 bits per heavy atom. The van der Waals surface area contributed by atoms with Gasteiger partial charge in [-0.2, -0.15) is 0 Å². The number of benzene rings is 1. The molecule has 0 saturated heterocycles. The second kappa shape index (κ2) is 8.05. The summed E-state index contributed by atoms with van der Waals surface area (Å²) >= 11 is 0. The molecule has 0 spiro atoms. The molecule has 0 heterocycles. The monoisotopic (exact) mass is 228 g/mol. The maximum Gasteiger partial charge on any atom is 1.00 e. The van der Waals surface area contributed by atoms with E-state index in [0.717, 1.165) is 17.7 Å². The van der Waals surface area contributed by atoms with Gasteiger partial charge in [0.15, 0.2) is 0 Å². The van der Waals surface area contributed by atoms with E-state index in [1.54, 1.807) is 21.2 Å². The van der Waals surface area contributed by atoms with Crippen LogP contribution in [0.1, 0.15) is 5.56 Å². The molecule has 0 radical (unpaired) electrons. The van der Waals surface area contributed by atoms with E-state index >= 15 is 0 Å². The fraction of sp³-hybridized carbons (Fsp3) is 0.417. The largest absolute Gasteiger partial charge is 1.00 e. The molecule has 0 amide bonds. The Kier molecular flexibility index (Phi) is 7.52. The summed E-state index contributed by atoms with van der Waals surface area (Å²) in [7, 11) is 5.03. The van der Waals surface area contributed by atoms with Gasteiger partial charge < -0.3 is 14.7 Å². The van der Waals surface area contributed by atoms with Crippen LogP contribution < -0.4 is 28.7 Å². The first kappa shape index (κ1) is 15.9. The van der Waals surface area contributed by atoms with Crippen LogP contribution in [-0.4, -0.2) is 38.7 Å². The average Bonchev–Trinajstić information content (AvgIpc) is 2.29. The van der Waals surface area contributed by atoms with Crippen molar-refractivity contribution in [3.63, 3.8) is 0 Å². The SMILES string of the molecule is COc1ccc(CCN=C([O-])N(C)C)cc1.[Li+]. The Balaban J connectivity index is 0.00000256. The van der Waals surface area contributed by atoms with Gasteiger partial charge in [-0.25, -0.2) is 0 Å². The van der Waals surface area contributed by atoms with E-state index in [2.05, 4.69) is 4.99 Å². The minimum Gasteiger partial charge on any atom is -0.846 e. The predicted molar refractivity (Wildman–Crippen MR) is 62.7 cm³/mol. The van der Waals surface area contributed by atoms with Crippen molar-refractivity contribution in [1.29, 1.82) is 0 Å². The van der Waals surface area contributed by atoms with Crippen molar-refractivity contribution in [3.05, 3.63) is 29.8 Å². The number of aliphatic imine (C=N–C) groups is 1. The molecule has 0 aromatic heterocycles. The summed E-state index contributed by atoms with van der Waals surface area (Å²) in [4.78, 5) is 5.38. The minimum atomic E-state index is -0.187. The molecule has 0 atom stereocenters. The first-order chi connectivity index (χ1) is 7.63. The van der Waals surface area contributed by atoms with Crippen molar-refractivity contribution < 1.29 is 28.7 Å². The van der Waals surface area contributed by atoms with Crippen LogP contribution in [0.3, 0.4) is 0 Å². The van der Waals surface area contributed by atoms with Crippen LogP contribution in [0.2, 0.25) is 0 Å². The summed E-state index contributed by atoms with van der Waals surface area (Å²) in [6.45, 7) is 0.517. The standard InChI is InChI=1S/C12H18N2O2.Li/c1-14(2)12(15)13-9-8-10-4-6-11(16-3)7-5-10;/h4-7H,8-9H2,1-3H3,(H,13,15);/q;+1/p-1. The molecule has 0 saturated carbocycles. The molecule has 1 rings (SSSR count). The molecule has 0 bridgehead atoms. The molecule has 17 heavy (non-hydrogen) atoms. The summed E-state index contributed by atoms with van der Waals surface area (Å²) in [6.07, 6.45) is 0.767. The summed E-state index contributed by atoms with van der Waals surface area (Å²) in [6, 6.07) is 7.59. The number of hydrogen-bond acceptors (Lipinski definition) is 3. The molecular formula is C12H17LiN2O2. The van der Waals surface area contributed by atoms with Crippen LogP contribution in [0.5, 0.6) is 5.75 Å². The number of methoxy groups -OCH3 is 1. The first-order valence-electron chi connectivity index (χ1n) is 5.15. The molecular weight excluding hydrogens is 211 g/mol. The molecule has 4 nitrogen and oxygen atoms in total. The van der Waals surface area contributed by atoms with Gasteiger partial charge in [0.1, 0.15) is 5.75 Å². The molecule has 5 heteroatoms. The summed E-state index contributed by atoms with van der Waals surface area (Å²) in [5, 5.41) is 11.2. The van der Waals surface area contributed by atoms with Crippen LogP contribution in [-0.2, 0) is 6.42 Å². The topological polar surface area (TPSA) is 47.9 Å². The van der Waals surface area contributed by atoms with Crippen molar-refractivity contribution in [1.82, 2.24) is 4.90 Å². The van der Waals surface area contributed by atoms with Crippen molar-refractivity contribution in [2.24, 2.45) is 4.99 Å². The normalized spacial score (nSPS) is 10.6. The van der Waals surface area contributed by atoms with Gasteiger partial charge in [-0.1, -0.05) is 12.1 Å². The van der Waals surface area contributed by atoms with Crippen molar-refractivity contribution in [2.75, 3.05) is 27.7 Å². The Hall–Kier alpha value is -1.11. The number of rotatable bonds is 4. The van der Waals surface area contributed by atoms with Crippen LogP contribution in [0.25, 0.3) is 0 Å². The van der Waals surface area contributed by atoms with E-state index in [-0.39, 0.29) is 24.9 Å². The third kappa shape index (κ3) is 5.67. The number of hydrogen-bond donors (Lipinski definition) is 0. The summed E-state index contributed by atoms with van der Waals surface area (Å²) in [5.41, 5.74) is 1.15. The second-order valence-electron chi connectivity index (χ2n) is 3.66. The molecule has 0 aliphatic heterocycles. The van der Waals surface area contributed by atoms with Gasteiger partial charge in [0.05, 0.1) is 7.11 Å². The molecule has 0 aliphatic carbocycles. The fourth-order valence-electron chi connectivity index (χ4n) is 1.21. The van der Waals surface area contributed by atoms with E-state index in [9.17, 15) is 5.11 Å². The minimum absolute atomic E-state index is 0. The number of nitrogens with zero attached hydrogens (tertiary/aromatic N) is 2. The van der Waals surface area contributed by atoms with Gasteiger partial charge in [0, 0.05) is 26.7 Å². The molecule has 88 valence electrons. The smallest absolute Gasteiger partial charge is 0.846 e. The van der Waals surface area contributed by atoms with E-state index in [0.29, 0.717) is 6.54 Å². The van der Waals surface area contributed by atoms with Crippen LogP contribution in [0.15, 0.2) is 29.3 Å². The Bertz CT molecular complexity index is 350. The Morgan fingerprint density at radius 3 is 2.35 bits per heavy atom. The van der Waals surface area contributed by atoms with Gasteiger partial charge >= 0.3 is 18.9 Å². The van der Waals surface area contributed by atoms with Gasteiger partial charge in [-0.15, -0.1) is 0 Å².